The van der Waals surface area contributed by atoms with Gasteiger partial charge in [0.05, 0.1) is 6.33 Å². The van der Waals surface area contributed by atoms with Crippen LogP contribution in [-0.2, 0) is 16.6 Å². The smallest absolute Gasteiger partial charge is 0.259 e. The Hall–Kier alpha value is -0.920. The maximum atomic E-state index is 12.1. The van der Waals surface area contributed by atoms with Crippen LogP contribution in [0.2, 0.25) is 0 Å². The fourth-order valence-corrected chi connectivity index (χ4v) is 3.68. The Labute approximate surface area is 114 Å². The second-order valence-electron chi connectivity index (χ2n) is 5.08. The van der Waals surface area contributed by atoms with Crippen molar-refractivity contribution in [2.45, 2.75) is 37.8 Å². The first-order valence-corrected chi connectivity index (χ1v) is 8.26. The summed E-state index contributed by atoms with van der Waals surface area (Å²) in [7, 11) is -3.49. The van der Waals surface area contributed by atoms with E-state index in [1.807, 2.05) is 6.92 Å². The minimum absolute atomic E-state index is 0.0941. The number of nitrogens with one attached hydrogen (secondary N) is 1. The monoisotopic (exact) mass is 286 g/mol. The normalized spacial score (nSPS) is 23.9. The summed E-state index contributed by atoms with van der Waals surface area (Å²) in [6.07, 6.45) is 6.38. The van der Waals surface area contributed by atoms with E-state index in [1.165, 1.54) is 6.33 Å². The van der Waals surface area contributed by atoms with E-state index in [2.05, 4.69) is 9.71 Å². The second-order valence-corrected chi connectivity index (χ2v) is 6.79. The van der Waals surface area contributed by atoms with E-state index < -0.39 is 10.0 Å². The third-order valence-corrected chi connectivity index (χ3v) is 5.21. The van der Waals surface area contributed by atoms with E-state index in [1.54, 1.807) is 10.8 Å². The van der Waals surface area contributed by atoms with Crippen molar-refractivity contribution in [1.82, 2.24) is 14.3 Å². The molecular weight excluding hydrogens is 264 g/mol. The molecule has 2 atom stereocenters. The quantitative estimate of drug-likeness (QED) is 0.799. The number of hydrogen-bond acceptors (Lipinski definition) is 4. The zero-order valence-electron chi connectivity index (χ0n) is 11.2. The summed E-state index contributed by atoms with van der Waals surface area (Å²) in [5.41, 5.74) is 5.70. The minimum Gasteiger partial charge on any atom is -0.336 e. The summed E-state index contributed by atoms with van der Waals surface area (Å²) in [4.78, 5) is 3.93. The molecule has 1 aromatic rings. The zero-order chi connectivity index (χ0) is 13.9. The molecule has 0 saturated heterocycles. The molecular formula is C12H22N4O2S. The number of aryl methyl sites for hydroxylation is 1. The van der Waals surface area contributed by atoms with Gasteiger partial charge in [-0.05, 0) is 38.1 Å². The van der Waals surface area contributed by atoms with E-state index in [-0.39, 0.29) is 5.03 Å². The average molecular weight is 286 g/mol. The van der Waals surface area contributed by atoms with E-state index >= 15 is 0 Å². The van der Waals surface area contributed by atoms with Crippen LogP contribution in [0.15, 0.2) is 17.6 Å². The topological polar surface area (TPSA) is 90.0 Å². The Bertz CT molecular complexity index is 512. The van der Waals surface area contributed by atoms with Crippen molar-refractivity contribution in [3.63, 3.8) is 0 Å². The number of imidazole rings is 1. The van der Waals surface area contributed by atoms with Gasteiger partial charge in [0.15, 0.2) is 5.03 Å². The second kappa shape index (κ2) is 6.02. The highest BCUT2D eigenvalue weighted by Gasteiger charge is 2.28. The van der Waals surface area contributed by atoms with Crippen LogP contribution in [0.5, 0.6) is 0 Å². The van der Waals surface area contributed by atoms with Crippen LogP contribution in [0.4, 0.5) is 0 Å². The Morgan fingerprint density at radius 1 is 1.47 bits per heavy atom. The number of nitrogens with zero attached hydrogens (tertiary/aromatic N) is 2. The van der Waals surface area contributed by atoms with Crippen molar-refractivity contribution in [2.75, 3.05) is 13.1 Å². The maximum absolute atomic E-state index is 12.1. The SMILES string of the molecule is CCn1cnc(S(=O)(=O)NCC2CCCC2CN)c1. The van der Waals surface area contributed by atoms with Crippen molar-refractivity contribution in [2.24, 2.45) is 17.6 Å². The first kappa shape index (κ1) is 14.5. The van der Waals surface area contributed by atoms with Crippen molar-refractivity contribution in [3.05, 3.63) is 12.5 Å². The lowest BCUT2D eigenvalue weighted by molar-refractivity contribution is 0.393. The van der Waals surface area contributed by atoms with Crippen molar-refractivity contribution in [1.29, 1.82) is 0 Å². The van der Waals surface area contributed by atoms with Crippen LogP contribution in [0.1, 0.15) is 26.2 Å². The molecule has 7 heteroatoms. The molecule has 2 rings (SSSR count). The Balaban J connectivity index is 1.97. The minimum atomic E-state index is -3.49. The molecule has 6 nitrogen and oxygen atoms in total. The molecule has 1 aliphatic rings. The van der Waals surface area contributed by atoms with Gasteiger partial charge in [-0.25, -0.2) is 18.1 Å². The summed E-state index contributed by atoms with van der Waals surface area (Å²) in [6.45, 7) is 3.75. The predicted molar refractivity (Wildman–Crippen MR) is 73.0 cm³/mol. The summed E-state index contributed by atoms with van der Waals surface area (Å²) in [5.74, 6) is 0.795. The highest BCUT2D eigenvalue weighted by molar-refractivity contribution is 7.89. The number of nitrogens with two attached hydrogens (primary N) is 1. The van der Waals surface area contributed by atoms with Gasteiger partial charge in [0.2, 0.25) is 0 Å². The Morgan fingerprint density at radius 3 is 2.84 bits per heavy atom. The van der Waals surface area contributed by atoms with Crippen molar-refractivity contribution < 1.29 is 8.42 Å². The van der Waals surface area contributed by atoms with Gasteiger partial charge in [-0.15, -0.1) is 0 Å². The van der Waals surface area contributed by atoms with E-state index in [0.717, 1.165) is 19.3 Å². The van der Waals surface area contributed by atoms with Gasteiger partial charge < -0.3 is 10.3 Å². The standard InChI is InChI=1S/C12H22N4O2S/c1-2-16-8-12(14-9-16)19(17,18)15-7-11-5-3-4-10(11)6-13/h8-11,15H,2-7,13H2,1H3. The van der Waals surface area contributed by atoms with E-state index in [0.29, 0.717) is 31.5 Å². The number of sulfonamides is 1. The van der Waals surface area contributed by atoms with Crippen molar-refractivity contribution >= 4 is 10.0 Å². The van der Waals surface area contributed by atoms with Crippen LogP contribution in [-0.4, -0.2) is 31.1 Å². The molecule has 0 aromatic carbocycles. The van der Waals surface area contributed by atoms with Gasteiger partial charge in [0.25, 0.3) is 10.0 Å². The molecule has 19 heavy (non-hydrogen) atoms. The third kappa shape index (κ3) is 3.34. The third-order valence-electron chi connectivity index (χ3n) is 3.90. The molecule has 1 aromatic heterocycles. The highest BCUT2D eigenvalue weighted by atomic mass is 32.2. The molecule has 0 amide bonds. The summed E-state index contributed by atoms with van der Waals surface area (Å²) >= 11 is 0. The lowest BCUT2D eigenvalue weighted by Crippen LogP contribution is -2.33. The summed E-state index contributed by atoms with van der Waals surface area (Å²) in [6, 6.07) is 0. The van der Waals surface area contributed by atoms with Crippen LogP contribution >= 0.6 is 0 Å². The maximum Gasteiger partial charge on any atom is 0.259 e. The molecule has 1 aliphatic carbocycles. The lowest BCUT2D eigenvalue weighted by Gasteiger charge is -2.17. The summed E-state index contributed by atoms with van der Waals surface area (Å²) in [5, 5.41) is 0.0941. The fraction of sp³-hybridized carbons (Fsp3) is 0.750. The lowest BCUT2D eigenvalue weighted by atomic mass is 9.97. The largest absolute Gasteiger partial charge is 0.336 e. The first-order valence-electron chi connectivity index (χ1n) is 6.78. The van der Waals surface area contributed by atoms with Crippen LogP contribution in [0, 0.1) is 11.8 Å². The molecule has 0 radical (unpaired) electrons. The number of hydrogen-bond donors (Lipinski definition) is 2. The molecule has 0 aliphatic heterocycles. The molecule has 2 unspecified atom stereocenters. The van der Waals surface area contributed by atoms with Gasteiger partial charge in [0.1, 0.15) is 0 Å². The van der Waals surface area contributed by atoms with Gasteiger partial charge in [-0.1, -0.05) is 6.42 Å². The van der Waals surface area contributed by atoms with Crippen LogP contribution in [0.3, 0.4) is 0 Å². The number of aromatic nitrogens is 2. The van der Waals surface area contributed by atoms with Crippen LogP contribution < -0.4 is 10.5 Å². The van der Waals surface area contributed by atoms with Gasteiger partial charge in [-0.3, -0.25) is 0 Å². The fourth-order valence-electron chi connectivity index (χ4n) is 2.63. The molecule has 108 valence electrons. The van der Waals surface area contributed by atoms with Crippen molar-refractivity contribution in [3.8, 4) is 0 Å². The molecule has 3 N–H and O–H groups in total. The molecule has 1 heterocycles. The zero-order valence-corrected chi connectivity index (χ0v) is 12.1. The van der Waals surface area contributed by atoms with E-state index in [4.69, 9.17) is 5.73 Å². The van der Waals surface area contributed by atoms with Gasteiger partial charge in [0, 0.05) is 19.3 Å². The predicted octanol–water partition coefficient (Wildman–Crippen LogP) is 0.556. The Kier molecular flexibility index (Phi) is 4.59. The molecule has 1 saturated carbocycles. The first-order chi connectivity index (χ1) is 9.06. The highest BCUT2D eigenvalue weighted by Crippen LogP contribution is 2.30. The van der Waals surface area contributed by atoms with E-state index in [9.17, 15) is 8.42 Å². The van der Waals surface area contributed by atoms with Gasteiger partial charge >= 0.3 is 0 Å². The Morgan fingerprint density at radius 2 is 2.21 bits per heavy atom. The van der Waals surface area contributed by atoms with Crippen LogP contribution in [0.25, 0.3) is 0 Å². The molecule has 0 bridgehead atoms. The number of rotatable bonds is 6. The molecule has 1 fully saturated rings. The van der Waals surface area contributed by atoms with Gasteiger partial charge in [-0.2, -0.15) is 0 Å². The average Bonchev–Trinajstić information content (AvgIpc) is 3.05. The molecule has 0 spiro atoms. The summed E-state index contributed by atoms with van der Waals surface area (Å²) < 4.78 is 28.6.